The van der Waals surface area contributed by atoms with Crippen LogP contribution in [0.1, 0.15) is 5.69 Å². The fourth-order valence-corrected chi connectivity index (χ4v) is 4.00. The highest BCUT2D eigenvalue weighted by atomic mass is 127. The van der Waals surface area contributed by atoms with Crippen LogP contribution in [0.4, 0.5) is 0 Å². The molecule has 102 valence electrons. The van der Waals surface area contributed by atoms with Gasteiger partial charge in [-0.05, 0) is 57.3 Å². The molecule has 0 bridgehead atoms. The van der Waals surface area contributed by atoms with Crippen LogP contribution >= 0.6 is 56.9 Å². The Morgan fingerprint density at radius 3 is 2.63 bits per heavy atom. The molecule has 0 saturated carbocycles. The van der Waals surface area contributed by atoms with Gasteiger partial charge in [-0.2, -0.15) is 11.8 Å². The van der Waals surface area contributed by atoms with Gasteiger partial charge in [0.15, 0.2) is 0 Å². The van der Waals surface area contributed by atoms with Crippen molar-refractivity contribution in [2.45, 2.75) is 5.75 Å². The van der Waals surface area contributed by atoms with Gasteiger partial charge in [0.2, 0.25) is 0 Å². The van der Waals surface area contributed by atoms with E-state index in [-0.39, 0.29) is 5.69 Å². The van der Waals surface area contributed by atoms with Gasteiger partial charge in [-0.25, -0.2) is 4.79 Å². The first kappa shape index (κ1) is 15.2. The second-order valence-electron chi connectivity index (χ2n) is 3.72. The number of ether oxygens (including phenoxy) is 1. The van der Waals surface area contributed by atoms with Crippen molar-refractivity contribution in [1.82, 2.24) is 9.97 Å². The molecule has 1 aromatic heterocycles. The molecule has 0 amide bonds. The van der Waals surface area contributed by atoms with E-state index in [9.17, 15) is 4.79 Å². The summed E-state index contributed by atoms with van der Waals surface area (Å²) in [6.45, 7) is 0.662. The molecule has 2 aromatic rings. The molecule has 0 spiro atoms. The fourth-order valence-electron chi connectivity index (χ4n) is 1.45. The Morgan fingerprint density at radius 1 is 1.26 bits per heavy atom. The Balaban J connectivity index is 1.74. The van der Waals surface area contributed by atoms with E-state index in [1.165, 1.54) is 0 Å². The van der Waals surface area contributed by atoms with Crippen LogP contribution in [0, 0.1) is 7.14 Å². The minimum absolute atomic E-state index is 0.153. The van der Waals surface area contributed by atoms with Crippen LogP contribution < -0.4 is 10.4 Å². The summed E-state index contributed by atoms with van der Waals surface area (Å²) in [5.74, 6) is 2.62. The van der Waals surface area contributed by atoms with Crippen LogP contribution in [0.5, 0.6) is 5.75 Å². The number of thioether (sulfide) groups is 1. The number of aromatic amines is 2. The van der Waals surface area contributed by atoms with Gasteiger partial charge in [-0.3, -0.25) is 0 Å². The van der Waals surface area contributed by atoms with E-state index in [0.29, 0.717) is 6.61 Å². The van der Waals surface area contributed by atoms with E-state index < -0.39 is 0 Å². The highest BCUT2D eigenvalue weighted by Gasteiger charge is 2.05. The van der Waals surface area contributed by atoms with Crippen LogP contribution in [0.15, 0.2) is 29.2 Å². The van der Waals surface area contributed by atoms with E-state index in [4.69, 9.17) is 4.74 Å². The minimum atomic E-state index is -0.153. The first-order valence-electron chi connectivity index (χ1n) is 5.58. The lowest BCUT2D eigenvalue weighted by Crippen LogP contribution is -2.04. The van der Waals surface area contributed by atoms with Crippen LogP contribution in [-0.2, 0) is 5.75 Å². The number of nitrogens with one attached hydrogen (secondary N) is 2. The number of benzene rings is 1. The van der Waals surface area contributed by atoms with E-state index in [2.05, 4.69) is 55.1 Å². The molecule has 1 heterocycles. The summed E-state index contributed by atoms with van der Waals surface area (Å²) in [5.41, 5.74) is 0.763. The Labute approximate surface area is 142 Å². The third-order valence-corrected chi connectivity index (χ3v) is 4.97. The second-order valence-corrected chi connectivity index (χ2v) is 7.15. The number of H-pyrrole nitrogens is 2. The zero-order chi connectivity index (χ0) is 13.7. The molecule has 1 aromatic carbocycles. The summed E-state index contributed by atoms with van der Waals surface area (Å²) in [6, 6.07) is 6.10. The molecule has 0 aliphatic carbocycles. The number of hydrogen-bond donors (Lipinski definition) is 2. The summed E-state index contributed by atoms with van der Waals surface area (Å²) in [6.07, 6.45) is 1.71. The molecular formula is C12H12I2N2O2S. The predicted octanol–water partition coefficient (Wildman–Crippen LogP) is 3.22. The Bertz CT molecular complexity index is 577. The number of imidazole rings is 1. The number of rotatable bonds is 6. The van der Waals surface area contributed by atoms with E-state index in [1.54, 1.807) is 18.0 Å². The lowest BCUT2D eigenvalue weighted by molar-refractivity contribution is 0.339. The van der Waals surface area contributed by atoms with E-state index >= 15 is 0 Å². The number of aromatic nitrogens is 2. The van der Waals surface area contributed by atoms with Gasteiger partial charge in [0.05, 0.1) is 13.7 Å². The topological polar surface area (TPSA) is 57.9 Å². The van der Waals surface area contributed by atoms with Gasteiger partial charge < -0.3 is 14.7 Å². The molecule has 0 aliphatic rings. The third-order valence-electron chi connectivity index (χ3n) is 2.30. The normalized spacial score (nSPS) is 10.6. The van der Waals surface area contributed by atoms with Crippen LogP contribution in [0.3, 0.4) is 0 Å². The van der Waals surface area contributed by atoms with E-state index in [0.717, 1.165) is 30.1 Å². The Hall–Kier alpha value is -0.160. The van der Waals surface area contributed by atoms with Crippen molar-refractivity contribution >= 4 is 56.9 Å². The maximum Gasteiger partial charge on any atom is 0.323 e. The number of hydrogen-bond acceptors (Lipinski definition) is 3. The molecule has 2 N–H and O–H groups in total. The molecular weight excluding hydrogens is 490 g/mol. The largest absolute Gasteiger partial charge is 0.491 e. The minimum Gasteiger partial charge on any atom is -0.491 e. The van der Waals surface area contributed by atoms with Crippen LogP contribution in [0.25, 0.3) is 0 Å². The summed E-state index contributed by atoms with van der Waals surface area (Å²) < 4.78 is 8.05. The highest BCUT2D eigenvalue weighted by Crippen LogP contribution is 2.27. The zero-order valence-electron chi connectivity index (χ0n) is 9.91. The molecule has 0 unspecified atom stereocenters. The van der Waals surface area contributed by atoms with Gasteiger partial charge in [-0.15, -0.1) is 0 Å². The molecule has 0 saturated heterocycles. The van der Waals surface area contributed by atoms with Gasteiger partial charge in [0, 0.05) is 23.4 Å². The van der Waals surface area contributed by atoms with Crippen molar-refractivity contribution in [3.63, 3.8) is 0 Å². The van der Waals surface area contributed by atoms with E-state index in [1.807, 2.05) is 18.2 Å². The van der Waals surface area contributed by atoms with Crippen molar-refractivity contribution < 1.29 is 4.74 Å². The fraction of sp³-hybridized carbons (Fsp3) is 0.250. The monoisotopic (exact) mass is 502 g/mol. The Kier molecular flexibility index (Phi) is 6.07. The quantitative estimate of drug-likeness (QED) is 0.472. The van der Waals surface area contributed by atoms with Crippen LogP contribution in [-0.4, -0.2) is 22.3 Å². The summed E-state index contributed by atoms with van der Waals surface area (Å²) in [5, 5.41) is 0. The van der Waals surface area contributed by atoms with Crippen molar-refractivity contribution in [2.75, 3.05) is 12.4 Å². The van der Waals surface area contributed by atoms with Gasteiger partial charge >= 0.3 is 5.69 Å². The van der Waals surface area contributed by atoms with Gasteiger partial charge in [-0.1, -0.05) is 6.07 Å². The lowest BCUT2D eigenvalue weighted by Gasteiger charge is -2.09. The lowest BCUT2D eigenvalue weighted by atomic mass is 10.3. The highest BCUT2D eigenvalue weighted by molar-refractivity contribution is 14.1. The first-order chi connectivity index (χ1) is 9.16. The zero-order valence-corrected chi connectivity index (χ0v) is 15.0. The second kappa shape index (κ2) is 7.58. The van der Waals surface area contributed by atoms with Gasteiger partial charge in [0.25, 0.3) is 0 Å². The summed E-state index contributed by atoms with van der Waals surface area (Å²) >= 11 is 6.29. The van der Waals surface area contributed by atoms with Crippen molar-refractivity contribution in [3.05, 3.63) is 47.7 Å². The molecule has 0 radical (unpaired) electrons. The SMILES string of the molecule is O=c1[nH]cc(CSCCOc2c(I)cccc2I)[nH]1. The molecule has 0 atom stereocenters. The number of halogens is 2. The average Bonchev–Trinajstić information content (AvgIpc) is 2.78. The molecule has 7 heteroatoms. The van der Waals surface area contributed by atoms with Crippen molar-refractivity contribution in [2.24, 2.45) is 0 Å². The third kappa shape index (κ3) is 4.71. The Morgan fingerprint density at radius 2 is 2.00 bits per heavy atom. The average molecular weight is 502 g/mol. The maximum absolute atomic E-state index is 10.9. The molecule has 19 heavy (non-hydrogen) atoms. The predicted molar refractivity (Wildman–Crippen MR) is 94.9 cm³/mol. The summed E-state index contributed by atoms with van der Waals surface area (Å²) in [7, 11) is 0. The molecule has 2 rings (SSSR count). The van der Waals surface area contributed by atoms with Crippen molar-refractivity contribution in [1.29, 1.82) is 0 Å². The molecule has 0 aliphatic heterocycles. The molecule has 0 fully saturated rings. The standard InChI is InChI=1S/C12H12I2N2O2S/c13-9-2-1-3-10(14)11(9)18-4-5-19-7-8-6-15-12(17)16-8/h1-3,6H,4-5,7H2,(H2,15,16,17). The van der Waals surface area contributed by atoms with Crippen molar-refractivity contribution in [3.8, 4) is 5.75 Å². The number of para-hydroxylation sites is 1. The van der Waals surface area contributed by atoms with Crippen LogP contribution in [0.2, 0.25) is 0 Å². The van der Waals surface area contributed by atoms with Gasteiger partial charge in [0.1, 0.15) is 5.75 Å². The maximum atomic E-state index is 10.9. The summed E-state index contributed by atoms with van der Waals surface area (Å²) in [4.78, 5) is 16.2. The first-order valence-corrected chi connectivity index (χ1v) is 8.89. The molecule has 4 nitrogen and oxygen atoms in total. The smallest absolute Gasteiger partial charge is 0.323 e.